The third-order valence-electron chi connectivity index (χ3n) is 4.79. The minimum Gasteiger partial charge on any atom is -0.252 e. The first-order chi connectivity index (χ1) is 14.4. The van der Waals surface area contributed by atoms with Gasteiger partial charge in [0, 0.05) is 11.6 Å². The second-order valence-corrected chi connectivity index (χ2v) is 7.14. The van der Waals surface area contributed by atoms with Crippen LogP contribution in [0.4, 0.5) is 8.78 Å². The van der Waals surface area contributed by atoms with Crippen molar-refractivity contribution in [2.45, 2.75) is 19.3 Å². The number of nitriles is 1. The van der Waals surface area contributed by atoms with Crippen molar-refractivity contribution in [3.8, 4) is 23.1 Å². The lowest BCUT2D eigenvalue weighted by Crippen LogP contribution is -2.23. The molecule has 0 bridgehead atoms. The molecular weight excluding hydrogens is 386 g/mol. The first-order valence-corrected chi connectivity index (χ1v) is 9.12. The van der Waals surface area contributed by atoms with Gasteiger partial charge in [0.25, 0.3) is 0 Å². The molecule has 0 fully saturated rings. The van der Waals surface area contributed by atoms with Gasteiger partial charge in [0.05, 0.1) is 22.6 Å². The topological polar surface area (TPSA) is 80.3 Å². The summed E-state index contributed by atoms with van der Waals surface area (Å²) in [5, 5.41) is 13.1. The van der Waals surface area contributed by atoms with E-state index in [4.69, 9.17) is 5.26 Å². The molecule has 0 spiro atoms. The molecule has 0 aliphatic heterocycles. The molecule has 30 heavy (non-hydrogen) atoms. The molecule has 0 N–H and O–H groups in total. The van der Waals surface area contributed by atoms with Crippen LogP contribution in [0.5, 0.6) is 0 Å². The third kappa shape index (κ3) is 3.53. The van der Waals surface area contributed by atoms with Gasteiger partial charge >= 0.3 is 0 Å². The zero-order valence-electron chi connectivity index (χ0n) is 16.2. The fraction of sp³-hybridized carbons (Fsp3) is 0.136. The predicted molar refractivity (Wildman–Crippen MR) is 106 cm³/mol. The summed E-state index contributed by atoms with van der Waals surface area (Å²) in [4.78, 5) is 12.5. The lowest BCUT2D eigenvalue weighted by atomic mass is 9.84. The number of nitrogens with zero attached hydrogens (tertiary/aromatic N) is 6. The molecule has 6 nitrogen and oxygen atoms in total. The van der Waals surface area contributed by atoms with Crippen LogP contribution in [0, 0.1) is 23.2 Å². The van der Waals surface area contributed by atoms with E-state index in [0.717, 1.165) is 11.8 Å². The van der Waals surface area contributed by atoms with Crippen molar-refractivity contribution in [2.75, 3.05) is 0 Å². The highest BCUT2D eigenvalue weighted by Crippen LogP contribution is 2.31. The standard InChI is InChI=1S/C22H16F2N6/c1-22(2,18-7-4-8-20(27-18)30-12-11-14(13-25)29-30)17-6-3-5-16(26-17)15-9-10-19(23)28-21(15)24/h3-12H,1-2H3. The number of hydrogen-bond acceptors (Lipinski definition) is 5. The molecular formula is C22H16F2N6. The molecule has 0 saturated carbocycles. The summed E-state index contributed by atoms with van der Waals surface area (Å²) in [5.41, 5.74) is 1.53. The highest BCUT2D eigenvalue weighted by Gasteiger charge is 2.27. The van der Waals surface area contributed by atoms with Gasteiger partial charge in [0.2, 0.25) is 11.9 Å². The molecule has 0 aliphatic rings. The monoisotopic (exact) mass is 402 g/mol. The minimum absolute atomic E-state index is 0.122. The average molecular weight is 402 g/mol. The molecule has 4 aromatic rings. The number of hydrogen-bond donors (Lipinski definition) is 0. The van der Waals surface area contributed by atoms with Crippen LogP contribution in [0.1, 0.15) is 30.9 Å². The van der Waals surface area contributed by atoms with Crippen molar-refractivity contribution >= 4 is 0 Å². The zero-order valence-corrected chi connectivity index (χ0v) is 16.2. The molecule has 0 aromatic carbocycles. The van der Waals surface area contributed by atoms with Crippen molar-refractivity contribution in [2.24, 2.45) is 0 Å². The summed E-state index contributed by atoms with van der Waals surface area (Å²) in [6, 6.07) is 16.8. The van der Waals surface area contributed by atoms with Crippen LogP contribution < -0.4 is 0 Å². The Morgan fingerprint density at radius 1 is 0.900 bits per heavy atom. The molecule has 4 heterocycles. The van der Waals surface area contributed by atoms with Crippen molar-refractivity contribution in [3.05, 3.63) is 89.8 Å². The van der Waals surface area contributed by atoms with E-state index in [1.807, 2.05) is 38.1 Å². The Kier molecular flexibility index (Phi) is 4.80. The van der Waals surface area contributed by atoms with Gasteiger partial charge in [-0.2, -0.15) is 24.1 Å². The predicted octanol–water partition coefficient (Wildman–Crippen LogP) is 4.20. The largest absolute Gasteiger partial charge is 0.252 e. The van der Waals surface area contributed by atoms with Crippen molar-refractivity contribution < 1.29 is 8.78 Å². The Hall–Kier alpha value is -3.99. The second-order valence-electron chi connectivity index (χ2n) is 7.14. The maximum atomic E-state index is 14.1. The number of halogens is 2. The quantitative estimate of drug-likeness (QED) is 0.478. The molecule has 0 atom stereocenters. The summed E-state index contributed by atoms with van der Waals surface area (Å²) in [6.07, 6.45) is 1.67. The lowest BCUT2D eigenvalue weighted by Gasteiger charge is -2.24. The molecule has 0 radical (unpaired) electrons. The summed E-state index contributed by atoms with van der Waals surface area (Å²) >= 11 is 0. The molecule has 148 valence electrons. The number of pyridine rings is 3. The molecule has 4 rings (SSSR count). The van der Waals surface area contributed by atoms with Gasteiger partial charge in [-0.1, -0.05) is 12.1 Å². The first kappa shape index (κ1) is 19.3. The summed E-state index contributed by atoms with van der Waals surface area (Å²) in [6.45, 7) is 3.91. The van der Waals surface area contributed by atoms with Crippen molar-refractivity contribution in [1.82, 2.24) is 24.7 Å². The van der Waals surface area contributed by atoms with Gasteiger partial charge in [-0.15, -0.1) is 0 Å². The fourth-order valence-corrected chi connectivity index (χ4v) is 3.08. The van der Waals surface area contributed by atoms with Crippen molar-refractivity contribution in [1.29, 1.82) is 5.26 Å². The maximum Gasteiger partial charge on any atom is 0.224 e. The minimum atomic E-state index is -0.912. The van der Waals surface area contributed by atoms with E-state index in [2.05, 4.69) is 20.1 Å². The van der Waals surface area contributed by atoms with E-state index in [1.165, 1.54) is 10.7 Å². The van der Waals surface area contributed by atoms with Gasteiger partial charge in [-0.3, -0.25) is 4.98 Å². The van der Waals surface area contributed by atoms with Gasteiger partial charge < -0.3 is 0 Å². The van der Waals surface area contributed by atoms with Gasteiger partial charge in [0.1, 0.15) is 6.07 Å². The van der Waals surface area contributed by atoms with Crippen LogP contribution in [0.25, 0.3) is 17.1 Å². The molecule has 0 unspecified atom stereocenters. The lowest BCUT2D eigenvalue weighted by molar-refractivity contribution is 0.514. The Bertz CT molecular complexity index is 1270. The molecule has 8 heteroatoms. The molecule has 0 aliphatic carbocycles. The third-order valence-corrected chi connectivity index (χ3v) is 4.79. The summed E-state index contributed by atoms with van der Waals surface area (Å²) in [5.74, 6) is -1.23. The van der Waals surface area contributed by atoms with Crippen LogP contribution in [0.2, 0.25) is 0 Å². The van der Waals surface area contributed by atoms with E-state index in [1.54, 1.807) is 30.5 Å². The first-order valence-electron chi connectivity index (χ1n) is 9.12. The number of aromatic nitrogens is 5. The van der Waals surface area contributed by atoms with E-state index in [9.17, 15) is 8.78 Å². The number of rotatable bonds is 4. The Labute approximate surface area is 171 Å². The Balaban J connectivity index is 1.74. The van der Waals surface area contributed by atoms with E-state index in [0.29, 0.717) is 22.9 Å². The van der Waals surface area contributed by atoms with Crippen molar-refractivity contribution in [3.63, 3.8) is 0 Å². The maximum absolute atomic E-state index is 14.1. The van der Waals surface area contributed by atoms with Gasteiger partial charge in [0.15, 0.2) is 11.5 Å². The van der Waals surface area contributed by atoms with E-state index >= 15 is 0 Å². The van der Waals surface area contributed by atoms with Gasteiger partial charge in [-0.25, -0.2) is 9.67 Å². The molecule has 4 aromatic heterocycles. The van der Waals surface area contributed by atoms with Crippen LogP contribution >= 0.6 is 0 Å². The molecule has 0 amide bonds. The fourth-order valence-electron chi connectivity index (χ4n) is 3.08. The zero-order chi connectivity index (χ0) is 21.3. The Morgan fingerprint density at radius 2 is 1.63 bits per heavy atom. The highest BCUT2D eigenvalue weighted by atomic mass is 19.1. The summed E-state index contributed by atoms with van der Waals surface area (Å²) in [7, 11) is 0. The van der Waals surface area contributed by atoms with Crippen LogP contribution in [0.3, 0.4) is 0 Å². The van der Waals surface area contributed by atoms with Crippen LogP contribution in [-0.4, -0.2) is 24.7 Å². The van der Waals surface area contributed by atoms with E-state index in [-0.39, 0.29) is 5.56 Å². The molecule has 0 saturated heterocycles. The van der Waals surface area contributed by atoms with Crippen LogP contribution in [0.15, 0.2) is 60.8 Å². The smallest absolute Gasteiger partial charge is 0.224 e. The van der Waals surface area contributed by atoms with Crippen LogP contribution in [-0.2, 0) is 5.41 Å². The highest BCUT2D eigenvalue weighted by molar-refractivity contribution is 5.59. The van der Waals surface area contributed by atoms with Gasteiger partial charge in [-0.05, 0) is 56.3 Å². The average Bonchev–Trinajstić information content (AvgIpc) is 3.23. The normalized spacial score (nSPS) is 11.3. The summed E-state index contributed by atoms with van der Waals surface area (Å²) < 4.78 is 28.8. The second kappa shape index (κ2) is 7.44. The van der Waals surface area contributed by atoms with E-state index < -0.39 is 17.3 Å². The SMILES string of the molecule is CC(C)(c1cccc(-c2ccc(F)nc2F)n1)c1cccc(-n2ccc(C#N)n2)n1. The Morgan fingerprint density at radius 3 is 2.33 bits per heavy atom.